The van der Waals surface area contributed by atoms with Crippen LogP contribution in [-0.2, 0) is 4.74 Å². The number of hydrogen-bond acceptors (Lipinski definition) is 7. The van der Waals surface area contributed by atoms with Crippen LogP contribution in [0.25, 0.3) is 10.4 Å². The fraction of sp³-hybridized carbons (Fsp3) is 0.364. The number of methoxy groups -OCH3 is 1. The van der Waals surface area contributed by atoms with Crippen molar-refractivity contribution < 1.29 is 18.7 Å². The molecule has 1 aromatic carbocycles. The van der Waals surface area contributed by atoms with E-state index in [0.717, 1.165) is 23.4 Å². The van der Waals surface area contributed by atoms with Crippen molar-refractivity contribution in [3.63, 3.8) is 0 Å². The van der Waals surface area contributed by atoms with E-state index in [1.54, 1.807) is 24.1 Å². The number of ether oxygens (including phenoxy) is 2. The smallest absolute Gasteiger partial charge is 0.316 e. The van der Waals surface area contributed by atoms with Gasteiger partial charge in [0.2, 0.25) is 0 Å². The molecule has 0 bridgehead atoms. The van der Waals surface area contributed by atoms with Gasteiger partial charge < -0.3 is 14.4 Å². The number of amides is 1. The lowest BCUT2D eigenvalue weighted by Crippen LogP contribution is -2.54. The Hall–Kier alpha value is -2.62. The predicted octanol–water partition coefficient (Wildman–Crippen LogP) is 4.40. The van der Waals surface area contributed by atoms with Gasteiger partial charge in [0.25, 0.3) is 5.91 Å². The number of likely N-dealkylation sites (tertiary alicyclic amines) is 1. The number of thiazole rings is 1. The molecule has 0 saturated carbocycles. The van der Waals surface area contributed by atoms with Gasteiger partial charge in [0.05, 0.1) is 39.4 Å². The molecule has 0 spiro atoms. The summed E-state index contributed by atoms with van der Waals surface area (Å²) in [6.07, 6.45) is 4.31. The zero-order chi connectivity index (χ0) is 22.7. The molecule has 10 heteroatoms. The first-order valence-electron chi connectivity index (χ1n) is 10.1. The van der Waals surface area contributed by atoms with Crippen LogP contribution in [0.15, 0.2) is 36.7 Å². The predicted molar refractivity (Wildman–Crippen MR) is 120 cm³/mol. The Labute approximate surface area is 194 Å². The van der Waals surface area contributed by atoms with Gasteiger partial charge in [0, 0.05) is 13.7 Å². The molecular formula is C22H22ClFN4O3S. The number of carbonyl (C=O) groups excluding carboxylic acids is 1. The van der Waals surface area contributed by atoms with Gasteiger partial charge in [-0.05, 0) is 37.5 Å². The maximum absolute atomic E-state index is 13.6. The molecular weight excluding hydrogens is 455 g/mol. The molecule has 3 aromatic rings. The Morgan fingerprint density at radius 2 is 2.00 bits per heavy atom. The molecule has 32 heavy (non-hydrogen) atoms. The second-order valence-electron chi connectivity index (χ2n) is 7.39. The van der Waals surface area contributed by atoms with E-state index in [2.05, 4.69) is 15.0 Å². The first-order chi connectivity index (χ1) is 15.5. The molecule has 2 aromatic heterocycles. The summed E-state index contributed by atoms with van der Waals surface area (Å²) >= 11 is 7.24. The van der Waals surface area contributed by atoms with E-state index in [1.807, 2.05) is 6.92 Å². The number of piperidine rings is 1. The Balaban J connectivity index is 1.60. The SMILES string of the molecule is CO[C@@H]1CCCN(C(=O)c2nc(C)sc2-c2ccc(F)cc2)[C@@H]1COc1ncc(Cl)cn1. The summed E-state index contributed by atoms with van der Waals surface area (Å²) in [5.41, 5.74) is 1.10. The largest absolute Gasteiger partial charge is 0.461 e. The lowest BCUT2D eigenvalue weighted by molar-refractivity contribution is -0.0278. The summed E-state index contributed by atoms with van der Waals surface area (Å²) in [5, 5.41) is 1.17. The van der Waals surface area contributed by atoms with E-state index >= 15 is 0 Å². The Morgan fingerprint density at radius 1 is 1.28 bits per heavy atom. The van der Waals surface area contributed by atoms with Crippen LogP contribution in [0.4, 0.5) is 4.39 Å². The number of halogens is 2. The number of rotatable bonds is 6. The minimum atomic E-state index is -0.344. The van der Waals surface area contributed by atoms with Crippen LogP contribution in [0.5, 0.6) is 6.01 Å². The van der Waals surface area contributed by atoms with Crippen LogP contribution >= 0.6 is 22.9 Å². The minimum absolute atomic E-state index is 0.168. The number of aryl methyl sites for hydroxylation is 1. The highest BCUT2D eigenvalue weighted by atomic mass is 35.5. The first-order valence-corrected chi connectivity index (χ1v) is 11.3. The summed E-state index contributed by atoms with van der Waals surface area (Å²) in [5.74, 6) is -0.537. The third-order valence-corrected chi connectivity index (χ3v) is 6.52. The normalized spacial score (nSPS) is 18.6. The van der Waals surface area contributed by atoms with Gasteiger partial charge in [0.1, 0.15) is 18.1 Å². The molecule has 1 aliphatic rings. The van der Waals surface area contributed by atoms with Crippen LogP contribution in [0.3, 0.4) is 0 Å². The number of benzene rings is 1. The van der Waals surface area contributed by atoms with Gasteiger partial charge in [-0.1, -0.05) is 23.7 Å². The number of carbonyl (C=O) groups is 1. The van der Waals surface area contributed by atoms with Crippen molar-refractivity contribution in [2.75, 3.05) is 20.3 Å². The van der Waals surface area contributed by atoms with E-state index in [-0.39, 0.29) is 36.5 Å². The Morgan fingerprint density at radius 3 is 2.69 bits per heavy atom. The van der Waals surface area contributed by atoms with Crippen molar-refractivity contribution in [3.05, 3.63) is 58.2 Å². The summed E-state index contributed by atoms with van der Waals surface area (Å²) in [7, 11) is 1.63. The van der Waals surface area contributed by atoms with Crippen molar-refractivity contribution in [3.8, 4) is 16.5 Å². The van der Waals surface area contributed by atoms with Crippen LogP contribution in [0.1, 0.15) is 28.3 Å². The van der Waals surface area contributed by atoms with Gasteiger partial charge in [-0.2, -0.15) is 0 Å². The number of aromatic nitrogens is 3. The lowest BCUT2D eigenvalue weighted by Gasteiger charge is -2.40. The minimum Gasteiger partial charge on any atom is -0.461 e. The first kappa shape index (κ1) is 22.6. The molecule has 2 atom stereocenters. The molecule has 1 saturated heterocycles. The molecule has 0 radical (unpaired) electrons. The standard InChI is InChI=1S/C22H22ClFN4O3S/c1-13-27-19(20(32-13)14-5-7-16(24)8-6-14)21(29)28-9-3-4-18(30-2)17(28)12-31-22-25-10-15(23)11-26-22/h5-8,10-11,17-18H,3-4,9,12H2,1-2H3/t17-,18-/m1/s1. The van der Waals surface area contributed by atoms with Crippen LogP contribution in [-0.4, -0.2) is 58.2 Å². The third-order valence-electron chi connectivity index (χ3n) is 5.30. The van der Waals surface area contributed by atoms with E-state index in [1.165, 1.54) is 35.9 Å². The molecule has 0 aliphatic carbocycles. The summed E-state index contributed by atoms with van der Waals surface area (Å²) in [6.45, 7) is 2.57. The maximum atomic E-state index is 13.6. The van der Waals surface area contributed by atoms with Crippen LogP contribution in [0.2, 0.25) is 5.02 Å². The van der Waals surface area contributed by atoms with Gasteiger partial charge in [-0.3, -0.25) is 4.79 Å². The van der Waals surface area contributed by atoms with E-state index in [4.69, 9.17) is 21.1 Å². The molecule has 0 unspecified atom stereocenters. The second-order valence-corrected chi connectivity index (χ2v) is 9.03. The number of hydrogen-bond donors (Lipinski definition) is 0. The second kappa shape index (κ2) is 9.89. The summed E-state index contributed by atoms with van der Waals surface area (Å²) in [4.78, 5) is 28.7. The molecule has 0 N–H and O–H groups in total. The quantitative estimate of drug-likeness (QED) is 0.524. The highest BCUT2D eigenvalue weighted by Crippen LogP contribution is 2.33. The fourth-order valence-electron chi connectivity index (χ4n) is 3.79. The molecule has 1 fully saturated rings. The van der Waals surface area contributed by atoms with Crippen molar-refractivity contribution >= 4 is 28.8 Å². The van der Waals surface area contributed by atoms with Crippen LogP contribution in [0, 0.1) is 12.7 Å². The highest BCUT2D eigenvalue weighted by molar-refractivity contribution is 7.15. The lowest BCUT2D eigenvalue weighted by atomic mass is 9.98. The van der Waals surface area contributed by atoms with E-state index < -0.39 is 0 Å². The Kier molecular flexibility index (Phi) is 6.98. The van der Waals surface area contributed by atoms with Crippen molar-refractivity contribution in [1.29, 1.82) is 0 Å². The molecule has 1 aliphatic heterocycles. The average Bonchev–Trinajstić information content (AvgIpc) is 3.20. The van der Waals surface area contributed by atoms with Crippen LogP contribution < -0.4 is 4.74 Å². The van der Waals surface area contributed by atoms with E-state index in [0.29, 0.717) is 22.1 Å². The highest BCUT2D eigenvalue weighted by Gasteiger charge is 2.37. The topological polar surface area (TPSA) is 77.4 Å². The van der Waals surface area contributed by atoms with Gasteiger partial charge >= 0.3 is 6.01 Å². The van der Waals surface area contributed by atoms with Gasteiger partial charge in [-0.25, -0.2) is 19.3 Å². The van der Waals surface area contributed by atoms with Crippen molar-refractivity contribution in [1.82, 2.24) is 19.9 Å². The molecule has 4 rings (SSSR count). The van der Waals surface area contributed by atoms with Crippen molar-refractivity contribution in [2.45, 2.75) is 31.9 Å². The maximum Gasteiger partial charge on any atom is 0.316 e. The van der Waals surface area contributed by atoms with Crippen molar-refractivity contribution in [2.24, 2.45) is 0 Å². The Bertz CT molecular complexity index is 1080. The zero-order valence-corrected chi connectivity index (χ0v) is 19.2. The van der Waals surface area contributed by atoms with Gasteiger partial charge in [0.15, 0.2) is 0 Å². The number of nitrogens with zero attached hydrogens (tertiary/aromatic N) is 4. The molecule has 168 valence electrons. The average molecular weight is 477 g/mol. The molecule has 7 nitrogen and oxygen atoms in total. The summed E-state index contributed by atoms with van der Waals surface area (Å²) in [6, 6.07) is 5.91. The third kappa shape index (κ3) is 4.90. The monoisotopic (exact) mass is 476 g/mol. The van der Waals surface area contributed by atoms with Gasteiger partial charge in [-0.15, -0.1) is 11.3 Å². The summed E-state index contributed by atoms with van der Waals surface area (Å²) < 4.78 is 24.8. The fourth-order valence-corrected chi connectivity index (χ4v) is 4.80. The molecule has 3 heterocycles. The van der Waals surface area contributed by atoms with E-state index in [9.17, 15) is 9.18 Å². The molecule has 1 amide bonds. The zero-order valence-electron chi connectivity index (χ0n) is 17.6.